The number of nitrogens with zero attached hydrogens (tertiary/aromatic N) is 2. The Morgan fingerprint density at radius 1 is 1.20 bits per heavy atom. The maximum Gasteiger partial charge on any atom is 0.573 e. The maximum absolute atomic E-state index is 11.9. The lowest BCUT2D eigenvalue weighted by Gasteiger charge is -2.08. The second-order valence-electron chi connectivity index (χ2n) is 3.16. The van der Waals surface area contributed by atoms with Crippen molar-refractivity contribution in [3.05, 3.63) is 29.8 Å². The highest BCUT2D eigenvalue weighted by Gasteiger charge is 2.34. The van der Waals surface area contributed by atoms with Gasteiger partial charge in [0.25, 0.3) is 20.5 Å². The lowest BCUT2D eigenvalue weighted by Crippen LogP contribution is -2.18. The zero-order valence-electron chi connectivity index (χ0n) is 9.23. The predicted octanol–water partition coefficient (Wildman–Crippen LogP) is 0.556. The van der Waals surface area contributed by atoms with Gasteiger partial charge in [0, 0.05) is 0 Å². The molecule has 0 spiro atoms. The second-order valence-corrected chi connectivity index (χ2v) is 6.27. The van der Waals surface area contributed by atoms with Crippen LogP contribution in [0.15, 0.2) is 29.2 Å². The van der Waals surface area contributed by atoms with E-state index in [4.69, 9.17) is 5.53 Å². The number of rotatable bonds is 2. The van der Waals surface area contributed by atoms with Crippen molar-refractivity contribution in [1.82, 2.24) is 0 Å². The number of halogens is 3. The molecule has 0 N–H and O–H groups in total. The van der Waals surface area contributed by atoms with Crippen LogP contribution in [0.5, 0.6) is 5.75 Å². The average Bonchev–Trinajstić information content (AvgIpc) is 2.27. The van der Waals surface area contributed by atoms with Crippen LogP contribution in [0, 0.1) is 0 Å². The van der Waals surface area contributed by atoms with Crippen LogP contribution in [0.4, 0.5) is 13.2 Å². The molecule has 0 aromatic heterocycles. The van der Waals surface area contributed by atoms with Crippen molar-refractivity contribution in [3.63, 3.8) is 0 Å². The van der Waals surface area contributed by atoms with Crippen LogP contribution in [0.1, 0.15) is 0 Å². The number of thiol groups is 1. The van der Waals surface area contributed by atoms with Gasteiger partial charge in [0.2, 0.25) is 0 Å². The Hall–Kier alpha value is -1.91. The van der Waals surface area contributed by atoms with E-state index in [1.165, 1.54) is 0 Å². The van der Waals surface area contributed by atoms with Crippen molar-refractivity contribution >= 4 is 24.9 Å². The van der Waals surface area contributed by atoms with Gasteiger partial charge in [-0.3, -0.25) is 0 Å². The fourth-order valence-corrected chi connectivity index (χ4v) is 3.10. The third-order valence-corrected chi connectivity index (χ3v) is 4.87. The van der Waals surface area contributed by atoms with Crippen molar-refractivity contribution in [2.45, 2.75) is 11.3 Å². The minimum absolute atomic E-state index is 0.668. The van der Waals surface area contributed by atoms with Crippen molar-refractivity contribution in [2.75, 3.05) is 0 Å². The molecule has 0 amide bonds. The topological polar surface area (TPSA) is 114 Å². The number of hydrogen-bond acceptors (Lipinski definition) is 5. The van der Waals surface area contributed by atoms with Gasteiger partial charge in [0.1, 0.15) is 5.75 Å². The summed E-state index contributed by atoms with van der Waals surface area (Å²) >= 11 is 0. The smallest absolute Gasteiger partial charge is 0.406 e. The molecule has 0 radical (unpaired) electrons. The Morgan fingerprint density at radius 2 is 1.70 bits per heavy atom. The molecule has 0 atom stereocenters. The van der Waals surface area contributed by atoms with Crippen LogP contribution in [0.25, 0.3) is 5.53 Å². The second kappa shape index (κ2) is 5.61. The maximum atomic E-state index is 11.9. The fourth-order valence-electron chi connectivity index (χ4n) is 1.11. The summed E-state index contributed by atoms with van der Waals surface area (Å²) in [5.41, 5.74) is 8.35. The van der Waals surface area contributed by atoms with E-state index in [0.717, 1.165) is 0 Å². The molecular weight excluding hydrogens is 325 g/mol. The van der Waals surface area contributed by atoms with Crippen LogP contribution in [-0.2, 0) is 20.5 Å². The summed E-state index contributed by atoms with van der Waals surface area (Å²) in [4.78, 5) is 1.47. The molecular formula is C8H5F3N2O5S2. The first-order valence-corrected chi connectivity index (χ1v) is 7.21. The summed E-state index contributed by atoms with van der Waals surface area (Å²) in [6.45, 7) is 0. The molecule has 0 saturated carbocycles. The molecule has 20 heavy (non-hydrogen) atoms. The largest absolute Gasteiger partial charge is 0.573 e. The molecule has 0 saturated heterocycles. The lowest BCUT2D eigenvalue weighted by atomic mass is 10.3. The monoisotopic (exact) mass is 330 g/mol. The Bertz CT molecular complexity index is 722. The van der Waals surface area contributed by atoms with Crippen LogP contribution < -0.4 is 4.74 Å². The van der Waals surface area contributed by atoms with Crippen LogP contribution in [0.3, 0.4) is 0 Å². The number of benzene rings is 1. The quantitative estimate of drug-likeness (QED) is 0.280. The van der Waals surface area contributed by atoms with Crippen molar-refractivity contribution < 1.29 is 39.5 Å². The number of hydrogen-bond donors (Lipinski definition) is 1. The zero-order chi connectivity index (χ0) is 15.6. The normalized spacial score (nSPS) is 12.0. The van der Waals surface area contributed by atoms with Crippen LogP contribution in [0.2, 0.25) is 0 Å². The average molecular weight is 330 g/mol. The number of sulfone groups is 1. The summed E-state index contributed by atoms with van der Waals surface area (Å²) in [6, 6.07) is 2.71. The SMILES string of the molecule is [N-]=[N+]=C([SH](=O)=O)S(=O)(=O)c1ccc(OC(F)(F)F)cc1. The van der Waals surface area contributed by atoms with E-state index in [1.54, 1.807) is 0 Å². The Balaban J connectivity index is 3.20. The highest BCUT2D eigenvalue weighted by Crippen LogP contribution is 2.24. The number of ether oxygens (including phenoxy) is 1. The first-order chi connectivity index (χ1) is 9.08. The van der Waals surface area contributed by atoms with E-state index >= 15 is 0 Å². The molecule has 0 bridgehead atoms. The molecule has 1 rings (SSSR count). The Morgan fingerprint density at radius 3 is 2.05 bits per heavy atom. The molecule has 0 heterocycles. The summed E-state index contributed by atoms with van der Waals surface area (Å²) in [5, 5.41) is 0. The zero-order valence-corrected chi connectivity index (χ0v) is 10.9. The molecule has 12 heteroatoms. The number of alkyl halides is 3. The van der Waals surface area contributed by atoms with Gasteiger partial charge in [-0.1, -0.05) is 0 Å². The lowest BCUT2D eigenvalue weighted by molar-refractivity contribution is -0.274. The van der Waals surface area contributed by atoms with Gasteiger partial charge in [-0.25, -0.2) is 16.8 Å². The van der Waals surface area contributed by atoms with Gasteiger partial charge in [-0.15, -0.1) is 18.0 Å². The van der Waals surface area contributed by atoms with E-state index in [0.29, 0.717) is 24.3 Å². The van der Waals surface area contributed by atoms with E-state index in [1.807, 2.05) is 0 Å². The molecule has 0 aliphatic heterocycles. The summed E-state index contributed by atoms with van der Waals surface area (Å²) < 4.78 is 82.2. The third kappa shape index (κ3) is 3.79. The van der Waals surface area contributed by atoms with Crippen LogP contribution in [-0.4, -0.2) is 32.4 Å². The van der Waals surface area contributed by atoms with E-state index in [9.17, 15) is 30.0 Å². The van der Waals surface area contributed by atoms with E-state index < -0.39 is 41.9 Å². The van der Waals surface area contributed by atoms with E-state index in [-0.39, 0.29) is 0 Å². The van der Waals surface area contributed by atoms with Crippen molar-refractivity contribution in [2.24, 2.45) is 0 Å². The fraction of sp³-hybridized carbons (Fsp3) is 0.125. The molecule has 110 valence electrons. The summed E-state index contributed by atoms with van der Waals surface area (Å²) in [7, 11) is -8.35. The highest BCUT2D eigenvalue weighted by molar-refractivity contribution is 8.24. The Kier molecular flexibility index (Phi) is 4.53. The van der Waals surface area contributed by atoms with Crippen molar-refractivity contribution in [1.29, 1.82) is 0 Å². The van der Waals surface area contributed by atoms with E-state index in [2.05, 4.69) is 9.53 Å². The first kappa shape index (κ1) is 16.1. The van der Waals surface area contributed by atoms with Gasteiger partial charge < -0.3 is 10.3 Å². The summed E-state index contributed by atoms with van der Waals surface area (Å²) in [6.07, 6.45) is -4.95. The molecule has 0 aliphatic carbocycles. The molecule has 0 unspecified atom stereocenters. The van der Waals surface area contributed by atoms with Crippen molar-refractivity contribution in [3.8, 4) is 5.75 Å². The minimum atomic E-state index is -4.95. The molecule has 1 aromatic rings. The molecule has 7 nitrogen and oxygen atoms in total. The predicted molar refractivity (Wildman–Crippen MR) is 59.3 cm³/mol. The molecule has 1 aromatic carbocycles. The minimum Gasteiger partial charge on any atom is -0.406 e. The first-order valence-electron chi connectivity index (χ1n) is 4.55. The molecule has 0 fully saturated rings. The Labute approximate surface area is 112 Å². The van der Waals surface area contributed by atoms with Gasteiger partial charge in [-0.05, 0) is 24.3 Å². The summed E-state index contributed by atoms with van der Waals surface area (Å²) in [5.74, 6) is -0.689. The third-order valence-electron chi connectivity index (χ3n) is 1.85. The van der Waals surface area contributed by atoms with Crippen LogP contribution >= 0.6 is 0 Å². The van der Waals surface area contributed by atoms with Gasteiger partial charge in [-0.2, -0.15) is 0 Å². The standard InChI is InChI=1S/C8H5F3N2O5S2/c9-8(10,11)18-5-1-3-6(4-2-5)20(16,17)7(13-12)19(14)15/h1-4,19H. The van der Waals surface area contributed by atoms with Gasteiger partial charge in [0.05, 0.1) is 4.90 Å². The van der Waals surface area contributed by atoms with Gasteiger partial charge in [0.15, 0.2) is 0 Å². The molecule has 0 aliphatic rings. The highest BCUT2D eigenvalue weighted by atomic mass is 32.3. The van der Waals surface area contributed by atoms with Gasteiger partial charge >= 0.3 is 10.7 Å².